The van der Waals surface area contributed by atoms with Crippen molar-refractivity contribution >= 4 is 37.3 Å². The van der Waals surface area contributed by atoms with E-state index in [2.05, 4.69) is 32.5 Å². The fraction of sp³-hybridized carbons (Fsp3) is 0.636. The van der Waals surface area contributed by atoms with Crippen LogP contribution >= 0.6 is 27.3 Å². The number of nitrogens with one attached hydrogen (secondary N) is 1. The fourth-order valence-corrected chi connectivity index (χ4v) is 5.80. The highest BCUT2D eigenvalue weighted by Crippen LogP contribution is 2.28. The number of thiophene rings is 1. The maximum absolute atomic E-state index is 12.2. The molecule has 1 aromatic rings. The molecule has 2 rings (SSSR count). The van der Waals surface area contributed by atoms with Gasteiger partial charge in [-0.15, -0.1) is 11.3 Å². The topological polar surface area (TPSA) is 49.4 Å². The Morgan fingerprint density at radius 2 is 2.39 bits per heavy atom. The zero-order chi connectivity index (χ0) is 13.2. The Bertz CT molecular complexity index is 501. The zero-order valence-electron chi connectivity index (χ0n) is 10.2. The summed E-state index contributed by atoms with van der Waals surface area (Å²) < 4.78 is 28.3. The standard InChI is InChI=1S/C11H17BrN2O2S2/c1-2-14-6-3-4-9(8-14)13-18(15,16)11-10(12)5-7-17-11/h5,7,9,13H,2-4,6,8H2,1H3. The van der Waals surface area contributed by atoms with E-state index in [9.17, 15) is 8.42 Å². The first-order chi connectivity index (χ1) is 8.53. The van der Waals surface area contributed by atoms with Crippen LogP contribution in [0.15, 0.2) is 20.1 Å². The van der Waals surface area contributed by atoms with Crippen LogP contribution in [-0.4, -0.2) is 39.0 Å². The molecule has 1 saturated heterocycles. The molecule has 1 fully saturated rings. The van der Waals surface area contributed by atoms with Crippen LogP contribution in [0.5, 0.6) is 0 Å². The molecule has 1 aliphatic heterocycles. The van der Waals surface area contributed by atoms with Crippen molar-refractivity contribution in [2.45, 2.75) is 30.0 Å². The molecule has 1 atom stereocenters. The average Bonchev–Trinajstić information content (AvgIpc) is 2.76. The van der Waals surface area contributed by atoms with Crippen molar-refractivity contribution in [3.05, 3.63) is 15.9 Å². The van der Waals surface area contributed by atoms with E-state index in [-0.39, 0.29) is 6.04 Å². The molecule has 2 heterocycles. The Hall–Kier alpha value is 0.0500. The SMILES string of the molecule is CCN1CCCC(NS(=O)(=O)c2sccc2Br)C1. The van der Waals surface area contributed by atoms with Gasteiger partial charge in [0.05, 0.1) is 0 Å². The number of likely N-dealkylation sites (N-methyl/N-ethyl adjacent to an activating group) is 1. The molecule has 1 aliphatic rings. The molecule has 1 unspecified atom stereocenters. The molecule has 0 saturated carbocycles. The Labute approximate surface area is 121 Å². The van der Waals surface area contributed by atoms with Crippen molar-refractivity contribution in [3.63, 3.8) is 0 Å². The summed E-state index contributed by atoms with van der Waals surface area (Å²) in [6.45, 7) is 4.95. The van der Waals surface area contributed by atoms with Gasteiger partial charge in [0.1, 0.15) is 4.21 Å². The highest BCUT2D eigenvalue weighted by atomic mass is 79.9. The minimum absolute atomic E-state index is 0.0256. The van der Waals surface area contributed by atoms with E-state index in [1.165, 1.54) is 11.3 Å². The van der Waals surface area contributed by atoms with E-state index < -0.39 is 10.0 Å². The molecule has 0 spiro atoms. The lowest BCUT2D eigenvalue weighted by atomic mass is 10.1. The van der Waals surface area contributed by atoms with Gasteiger partial charge in [-0.25, -0.2) is 13.1 Å². The van der Waals surface area contributed by atoms with E-state index in [1.54, 1.807) is 11.4 Å². The van der Waals surface area contributed by atoms with Crippen molar-refractivity contribution in [2.75, 3.05) is 19.6 Å². The summed E-state index contributed by atoms with van der Waals surface area (Å²) in [6, 6.07) is 1.79. The van der Waals surface area contributed by atoms with Crippen LogP contribution < -0.4 is 4.72 Å². The molecule has 0 radical (unpaired) electrons. The van der Waals surface area contributed by atoms with Gasteiger partial charge in [0.25, 0.3) is 10.0 Å². The lowest BCUT2D eigenvalue weighted by Gasteiger charge is -2.31. The van der Waals surface area contributed by atoms with E-state index >= 15 is 0 Å². The van der Waals surface area contributed by atoms with Crippen LogP contribution in [0.25, 0.3) is 0 Å². The van der Waals surface area contributed by atoms with Crippen LogP contribution in [0.3, 0.4) is 0 Å². The summed E-state index contributed by atoms with van der Waals surface area (Å²) >= 11 is 4.51. The van der Waals surface area contributed by atoms with Gasteiger partial charge < -0.3 is 4.90 Å². The number of likely N-dealkylation sites (tertiary alicyclic amines) is 1. The molecule has 4 nitrogen and oxygen atoms in total. The molecule has 1 aromatic heterocycles. The quantitative estimate of drug-likeness (QED) is 0.904. The molecular weight excluding hydrogens is 336 g/mol. The van der Waals surface area contributed by atoms with Crippen molar-refractivity contribution < 1.29 is 8.42 Å². The maximum atomic E-state index is 12.2. The smallest absolute Gasteiger partial charge is 0.251 e. The van der Waals surface area contributed by atoms with Crippen LogP contribution in [0, 0.1) is 0 Å². The van der Waals surface area contributed by atoms with Crippen LogP contribution in [0.4, 0.5) is 0 Å². The molecule has 0 amide bonds. The molecule has 1 N–H and O–H groups in total. The van der Waals surface area contributed by atoms with Crippen molar-refractivity contribution in [3.8, 4) is 0 Å². The van der Waals surface area contributed by atoms with Crippen molar-refractivity contribution in [2.24, 2.45) is 0 Å². The summed E-state index contributed by atoms with van der Waals surface area (Å²) in [5.41, 5.74) is 0. The highest BCUT2D eigenvalue weighted by Gasteiger charge is 2.26. The summed E-state index contributed by atoms with van der Waals surface area (Å²) in [4.78, 5) is 2.28. The van der Waals surface area contributed by atoms with E-state index in [4.69, 9.17) is 0 Å². The molecule has 7 heteroatoms. The molecule has 18 heavy (non-hydrogen) atoms. The monoisotopic (exact) mass is 352 g/mol. The average molecular weight is 353 g/mol. The highest BCUT2D eigenvalue weighted by molar-refractivity contribution is 9.10. The lowest BCUT2D eigenvalue weighted by Crippen LogP contribution is -2.47. The Morgan fingerprint density at radius 3 is 3.00 bits per heavy atom. The normalized spacial score (nSPS) is 22.2. The predicted octanol–water partition coefficient (Wildman–Crippen LogP) is 2.27. The molecule has 102 valence electrons. The number of nitrogens with zero attached hydrogens (tertiary/aromatic N) is 1. The number of rotatable bonds is 4. The first-order valence-corrected chi connectivity index (χ1v) is 9.16. The number of hydrogen-bond acceptors (Lipinski definition) is 4. The minimum Gasteiger partial charge on any atom is -0.302 e. The molecule has 0 aliphatic carbocycles. The van der Waals surface area contributed by atoms with Crippen molar-refractivity contribution in [1.29, 1.82) is 0 Å². The number of halogens is 1. The Balaban J connectivity index is 2.07. The lowest BCUT2D eigenvalue weighted by molar-refractivity contribution is 0.211. The minimum atomic E-state index is -3.38. The second kappa shape index (κ2) is 6.00. The van der Waals surface area contributed by atoms with Gasteiger partial charge in [-0.3, -0.25) is 0 Å². The van der Waals surface area contributed by atoms with E-state index in [1.807, 2.05) is 0 Å². The van der Waals surface area contributed by atoms with Gasteiger partial charge in [0.15, 0.2) is 0 Å². The maximum Gasteiger partial charge on any atom is 0.251 e. The summed E-state index contributed by atoms with van der Waals surface area (Å²) in [5, 5.41) is 1.78. The Morgan fingerprint density at radius 1 is 1.61 bits per heavy atom. The molecule has 0 bridgehead atoms. The van der Waals surface area contributed by atoms with Gasteiger partial charge in [-0.05, 0) is 53.3 Å². The van der Waals surface area contributed by atoms with Gasteiger partial charge in [-0.1, -0.05) is 6.92 Å². The van der Waals surface area contributed by atoms with Crippen LogP contribution in [-0.2, 0) is 10.0 Å². The third-order valence-electron chi connectivity index (χ3n) is 3.10. The second-order valence-electron chi connectivity index (χ2n) is 4.41. The summed E-state index contributed by atoms with van der Waals surface area (Å²) in [7, 11) is -3.38. The predicted molar refractivity (Wildman–Crippen MR) is 77.5 cm³/mol. The van der Waals surface area contributed by atoms with Gasteiger partial charge in [0.2, 0.25) is 0 Å². The fourth-order valence-electron chi connectivity index (χ4n) is 2.18. The molecule has 0 aromatic carbocycles. The Kier molecular flexibility index (Phi) is 4.82. The van der Waals surface area contributed by atoms with Crippen molar-refractivity contribution in [1.82, 2.24) is 9.62 Å². The van der Waals surface area contributed by atoms with E-state index in [0.29, 0.717) is 8.68 Å². The first-order valence-electron chi connectivity index (χ1n) is 6.00. The summed E-state index contributed by atoms with van der Waals surface area (Å²) in [6.07, 6.45) is 1.96. The van der Waals surface area contributed by atoms with E-state index in [0.717, 1.165) is 32.5 Å². The largest absolute Gasteiger partial charge is 0.302 e. The number of piperidine rings is 1. The zero-order valence-corrected chi connectivity index (χ0v) is 13.4. The second-order valence-corrected chi connectivity index (χ2v) is 8.09. The number of sulfonamides is 1. The third kappa shape index (κ3) is 3.33. The summed E-state index contributed by atoms with van der Waals surface area (Å²) in [5.74, 6) is 0. The first kappa shape index (κ1) is 14.5. The molecular formula is C11H17BrN2O2S2. The van der Waals surface area contributed by atoms with Gasteiger partial charge in [-0.2, -0.15) is 0 Å². The van der Waals surface area contributed by atoms with Crippen LogP contribution in [0.1, 0.15) is 19.8 Å². The van der Waals surface area contributed by atoms with Gasteiger partial charge >= 0.3 is 0 Å². The van der Waals surface area contributed by atoms with Gasteiger partial charge in [0, 0.05) is 17.1 Å². The number of hydrogen-bond donors (Lipinski definition) is 1. The third-order valence-corrected chi connectivity index (χ3v) is 7.29. The van der Waals surface area contributed by atoms with Crippen LogP contribution in [0.2, 0.25) is 0 Å².